The highest BCUT2D eigenvalue weighted by molar-refractivity contribution is 6.32. The van der Waals surface area contributed by atoms with Gasteiger partial charge in [0.1, 0.15) is 17.6 Å². The van der Waals surface area contributed by atoms with E-state index < -0.39 is 6.04 Å². The number of hydrogen-bond acceptors (Lipinski definition) is 4. The molecule has 2 heterocycles. The predicted molar refractivity (Wildman–Crippen MR) is 111 cm³/mol. The van der Waals surface area contributed by atoms with E-state index in [0.29, 0.717) is 22.3 Å². The number of nitrogens with zero attached hydrogens (tertiary/aromatic N) is 2. The fourth-order valence-corrected chi connectivity index (χ4v) is 3.64. The van der Waals surface area contributed by atoms with Crippen molar-refractivity contribution < 1.29 is 14.3 Å². The number of hydrogen-bond donors (Lipinski definition) is 2. The van der Waals surface area contributed by atoms with Crippen LogP contribution in [0.25, 0.3) is 11.3 Å². The Bertz CT molecular complexity index is 1090. The van der Waals surface area contributed by atoms with Crippen LogP contribution < -0.4 is 15.4 Å². The number of ether oxygens (including phenoxy) is 1. The number of fused-ring (bicyclic) bond motifs is 1. The number of anilines is 2. The van der Waals surface area contributed by atoms with E-state index in [1.165, 1.54) is 7.11 Å². The Kier molecular flexibility index (Phi) is 4.98. The predicted octanol–water partition coefficient (Wildman–Crippen LogP) is 4.04. The molecule has 8 heteroatoms. The molecule has 148 valence electrons. The first kappa shape index (κ1) is 19.0. The van der Waals surface area contributed by atoms with E-state index >= 15 is 0 Å². The van der Waals surface area contributed by atoms with Crippen LogP contribution >= 0.6 is 11.6 Å². The van der Waals surface area contributed by atoms with Crippen LogP contribution in [0.4, 0.5) is 11.5 Å². The molecule has 29 heavy (non-hydrogen) atoms. The molecule has 1 aliphatic heterocycles. The van der Waals surface area contributed by atoms with Crippen LogP contribution in [-0.2, 0) is 9.59 Å². The van der Waals surface area contributed by atoms with Gasteiger partial charge in [-0.3, -0.25) is 9.59 Å². The van der Waals surface area contributed by atoms with Crippen LogP contribution in [0.1, 0.15) is 18.0 Å². The second kappa shape index (κ2) is 7.60. The van der Waals surface area contributed by atoms with Gasteiger partial charge in [-0.15, -0.1) is 0 Å². The molecule has 1 atom stereocenters. The van der Waals surface area contributed by atoms with E-state index in [9.17, 15) is 9.59 Å². The zero-order chi connectivity index (χ0) is 20.5. The zero-order valence-corrected chi connectivity index (χ0v) is 16.7. The largest absolute Gasteiger partial charge is 0.495 e. The normalized spacial score (nSPS) is 15.4. The first-order valence-electron chi connectivity index (χ1n) is 9.06. The van der Waals surface area contributed by atoms with Gasteiger partial charge in [0, 0.05) is 16.8 Å². The van der Waals surface area contributed by atoms with Crippen molar-refractivity contribution in [1.29, 1.82) is 0 Å². The molecule has 2 aromatic carbocycles. The number of carbonyl (C=O) groups is 2. The summed E-state index contributed by atoms with van der Waals surface area (Å²) in [5.74, 6) is 0.477. The molecule has 4 rings (SSSR count). The lowest BCUT2D eigenvalue weighted by Gasteiger charge is -2.24. The van der Waals surface area contributed by atoms with Crippen LogP contribution in [-0.4, -0.2) is 28.7 Å². The van der Waals surface area contributed by atoms with Gasteiger partial charge in [0.25, 0.3) is 0 Å². The maximum atomic E-state index is 13.0. The van der Waals surface area contributed by atoms with Gasteiger partial charge in [-0.1, -0.05) is 41.9 Å². The van der Waals surface area contributed by atoms with E-state index in [1.54, 1.807) is 22.9 Å². The molecular weight excluding hydrogens is 392 g/mol. The van der Waals surface area contributed by atoms with Crippen molar-refractivity contribution in [2.75, 3.05) is 17.7 Å². The van der Waals surface area contributed by atoms with Crippen molar-refractivity contribution in [3.8, 4) is 17.0 Å². The molecule has 2 N–H and O–H groups in total. The molecule has 2 amide bonds. The lowest BCUT2D eigenvalue weighted by molar-refractivity contribution is -0.125. The van der Waals surface area contributed by atoms with Crippen molar-refractivity contribution in [3.63, 3.8) is 0 Å². The summed E-state index contributed by atoms with van der Waals surface area (Å²) in [5.41, 5.74) is 2.98. The van der Waals surface area contributed by atoms with Gasteiger partial charge in [-0.25, -0.2) is 4.68 Å². The summed E-state index contributed by atoms with van der Waals surface area (Å²) in [5, 5.41) is 10.7. The number of benzene rings is 2. The number of aromatic nitrogens is 2. The number of halogens is 1. The summed E-state index contributed by atoms with van der Waals surface area (Å²) in [7, 11) is 1.52. The van der Waals surface area contributed by atoms with E-state index in [0.717, 1.165) is 16.8 Å². The number of methoxy groups -OCH3 is 1. The minimum absolute atomic E-state index is 0.00191. The van der Waals surface area contributed by atoms with Crippen molar-refractivity contribution in [2.45, 2.75) is 19.4 Å². The summed E-state index contributed by atoms with van der Waals surface area (Å²) in [6.45, 7) is 1.88. The smallest absolute Gasteiger partial charge is 0.249 e. The molecule has 1 aromatic heterocycles. The summed E-state index contributed by atoms with van der Waals surface area (Å²) in [4.78, 5) is 25.2. The maximum absolute atomic E-state index is 13.0. The van der Waals surface area contributed by atoms with Gasteiger partial charge in [0.2, 0.25) is 11.8 Å². The molecule has 0 fully saturated rings. The molecule has 0 bridgehead atoms. The Morgan fingerprint density at radius 2 is 2.03 bits per heavy atom. The highest BCUT2D eigenvalue weighted by atomic mass is 35.5. The van der Waals surface area contributed by atoms with Gasteiger partial charge in [0.05, 0.1) is 24.2 Å². The van der Waals surface area contributed by atoms with Crippen LogP contribution in [0, 0.1) is 6.92 Å². The average Bonchev–Trinajstić information content (AvgIpc) is 3.04. The standard InChI is InChI=1S/C21H19ClN4O3/c1-12-19(13-6-4-3-5-7-13)25-26-16(11-18(27)24-20(12)26)21(28)23-14-8-9-17(29-2)15(22)10-14/h3-10,16H,11H2,1-2H3,(H,23,28)(H,24,27). The maximum Gasteiger partial charge on any atom is 0.249 e. The van der Waals surface area contributed by atoms with Crippen molar-refractivity contribution in [1.82, 2.24) is 9.78 Å². The third-order valence-electron chi connectivity index (χ3n) is 4.85. The van der Waals surface area contributed by atoms with Gasteiger partial charge < -0.3 is 15.4 Å². The minimum Gasteiger partial charge on any atom is -0.495 e. The highest BCUT2D eigenvalue weighted by Crippen LogP contribution is 2.35. The topological polar surface area (TPSA) is 85.2 Å². The van der Waals surface area contributed by atoms with E-state index in [1.807, 2.05) is 37.3 Å². The molecule has 1 aliphatic rings. The Balaban J connectivity index is 1.66. The Hall–Kier alpha value is -3.32. The lowest BCUT2D eigenvalue weighted by atomic mass is 10.1. The zero-order valence-electron chi connectivity index (χ0n) is 15.9. The molecule has 3 aromatic rings. The molecule has 0 spiro atoms. The SMILES string of the molecule is COc1ccc(NC(=O)C2CC(=O)Nc3c(C)c(-c4ccccc4)nn32)cc1Cl. The van der Waals surface area contributed by atoms with E-state index in [2.05, 4.69) is 15.7 Å². The molecule has 0 saturated heterocycles. The molecular formula is C21H19ClN4O3. The van der Waals surface area contributed by atoms with E-state index in [4.69, 9.17) is 16.3 Å². The van der Waals surface area contributed by atoms with Gasteiger partial charge in [-0.05, 0) is 25.1 Å². The third-order valence-corrected chi connectivity index (χ3v) is 5.14. The molecule has 1 unspecified atom stereocenters. The summed E-state index contributed by atoms with van der Waals surface area (Å²) < 4.78 is 6.71. The Labute approximate surface area is 172 Å². The van der Waals surface area contributed by atoms with Gasteiger partial charge in [0.15, 0.2) is 0 Å². The molecule has 0 radical (unpaired) electrons. The van der Waals surface area contributed by atoms with Crippen LogP contribution in [0.15, 0.2) is 48.5 Å². The van der Waals surface area contributed by atoms with Crippen molar-refractivity contribution >= 4 is 34.9 Å². The fraction of sp³-hybridized carbons (Fsp3) is 0.190. The number of nitrogens with one attached hydrogen (secondary N) is 2. The quantitative estimate of drug-likeness (QED) is 0.679. The van der Waals surface area contributed by atoms with E-state index in [-0.39, 0.29) is 18.2 Å². The third kappa shape index (κ3) is 3.56. The second-order valence-electron chi connectivity index (χ2n) is 6.74. The highest BCUT2D eigenvalue weighted by Gasteiger charge is 2.34. The van der Waals surface area contributed by atoms with Crippen LogP contribution in [0.5, 0.6) is 5.75 Å². The lowest BCUT2D eigenvalue weighted by Crippen LogP contribution is -2.35. The number of carbonyl (C=O) groups excluding carboxylic acids is 2. The van der Waals surface area contributed by atoms with Crippen molar-refractivity contribution in [3.05, 3.63) is 59.1 Å². The Morgan fingerprint density at radius 3 is 2.72 bits per heavy atom. The first-order valence-corrected chi connectivity index (χ1v) is 9.44. The van der Waals surface area contributed by atoms with Crippen LogP contribution in [0.2, 0.25) is 5.02 Å². The fourth-order valence-electron chi connectivity index (χ4n) is 3.38. The summed E-state index contributed by atoms with van der Waals surface area (Å²) >= 11 is 6.14. The van der Waals surface area contributed by atoms with Crippen molar-refractivity contribution in [2.24, 2.45) is 0 Å². The monoisotopic (exact) mass is 410 g/mol. The Morgan fingerprint density at radius 1 is 1.28 bits per heavy atom. The second-order valence-corrected chi connectivity index (χ2v) is 7.15. The average molecular weight is 411 g/mol. The molecule has 7 nitrogen and oxygen atoms in total. The molecule has 0 aliphatic carbocycles. The van der Waals surface area contributed by atoms with Crippen LogP contribution in [0.3, 0.4) is 0 Å². The number of rotatable bonds is 4. The summed E-state index contributed by atoms with van der Waals surface area (Å²) in [6, 6.07) is 13.8. The van der Waals surface area contributed by atoms with Gasteiger partial charge in [-0.2, -0.15) is 5.10 Å². The first-order chi connectivity index (χ1) is 14.0. The molecule has 0 saturated carbocycles. The minimum atomic E-state index is -0.768. The van der Waals surface area contributed by atoms with Gasteiger partial charge >= 0.3 is 0 Å². The number of amides is 2. The summed E-state index contributed by atoms with van der Waals surface area (Å²) in [6.07, 6.45) is -0.00191.